The number of thiophene rings is 1. The second-order valence-corrected chi connectivity index (χ2v) is 9.71. The van der Waals surface area contributed by atoms with Crippen molar-refractivity contribution >= 4 is 40.0 Å². The summed E-state index contributed by atoms with van der Waals surface area (Å²) in [5.41, 5.74) is 3.82. The molecule has 41 heavy (non-hydrogen) atoms. The van der Waals surface area contributed by atoms with Crippen molar-refractivity contribution < 1.29 is 28.7 Å². The number of methoxy groups -OCH3 is 1. The third-order valence-corrected chi connectivity index (χ3v) is 7.03. The minimum Gasteiger partial charge on any atom is -0.493 e. The molecule has 0 radical (unpaired) electrons. The number of nitrogens with zero attached hydrogens (tertiary/aromatic N) is 1. The summed E-state index contributed by atoms with van der Waals surface area (Å²) in [7, 11) is 1.54. The van der Waals surface area contributed by atoms with Gasteiger partial charge in [0.05, 0.1) is 18.6 Å². The highest BCUT2D eigenvalue weighted by molar-refractivity contribution is 7.15. The van der Waals surface area contributed by atoms with E-state index in [9.17, 15) is 19.7 Å². The fourth-order valence-electron chi connectivity index (χ4n) is 4.02. The van der Waals surface area contributed by atoms with Crippen molar-refractivity contribution in [1.82, 2.24) is 0 Å². The first-order chi connectivity index (χ1) is 19.8. The Balaban J connectivity index is 1.51. The van der Waals surface area contributed by atoms with E-state index in [1.54, 1.807) is 49.8 Å². The third-order valence-electron chi connectivity index (χ3n) is 6.13. The van der Waals surface area contributed by atoms with E-state index in [2.05, 4.69) is 5.32 Å². The predicted molar refractivity (Wildman–Crippen MR) is 159 cm³/mol. The monoisotopic (exact) mass is 572 g/mol. The molecule has 0 saturated carbocycles. The molecule has 10 heteroatoms. The van der Waals surface area contributed by atoms with Crippen molar-refractivity contribution in [3.05, 3.63) is 111 Å². The van der Waals surface area contributed by atoms with Gasteiger partial charge >= 0.3 is 5.97 Å². The first-order valence-electron chi connectivity index (χ1n) is 12.7. The number of benzene rings is 3. The summed E-state index contributed by atoms with van der Waals surface area (Å²) >= 11 is 1.13. The summed E-state index contributed by atoms with van der Waals surface area (Å²) in [6.07, 6.45) is 2.95. The van der Waals surface area contributed by atoms with Crippen LogP contribution >= 0.6 is 11.3 Å². The molecule has 3 aromatic carbocycles. The van der Waals surface area contributed by atoms with Crippen LogP contribution in [-0.2, 0) is 16.1 Å². The van der Waals surface area contributed by atoms with Gasteiger partial charge < -0.3 is 19.5 Å². The number of hydrogen-bond acceptors (Lipinski definition) is 8. The number of aryl methyl sites for hydroxylation is 1. The lowest BCUT2D eigenvalue weighted by Gasteiger charge is -2.12. The van der Waals surface area contributed by atoms with Crippen LogP contribution in [0.1, 0.15) is 34.0 Å². The molecule has 0 spiro atoms. The molecule has 1 aromatic heterocycles. The van der Waals surface area contributed by atoms with Crippen LogP contribution in [0.25, 0.3) is 17.2 Å². The normalized spacial score (nSPS) is 10.8. The number of rotatable bonds is 11. The second kappa shape index (κ2) is 13.4. The van der Waals surface area contributed by atoms with E-state index in [0.717, 1.165) is 22.5 Å². The molecule has 0 aliphatic heterocycles. The summed E-state index contributed by atoms with van der Waals surface area (Å²) in [6.45, 7) is 4.21. The van der Waals surface area contributed by atoms with E-state index in [0.29, 0.717) is 34.8 Å². The Kier molecular flexibility index (Phi) is 9.49. The van der Waals surface area contributed by atoms with Crippen LogP contribution < -0.4 is 14.8 Å². The summed E-state index contributed by atoms with van der Waals surface area (Å²) in [6, 6.07) is 19.2. The molecule has 0 atom stereocenters. The van der Waals surface area contributed by atoms with E-state index in [4.69, 9.17) is 14.2 Å². The van der Waals surface area contributed by atoms with Gasteiger partial charge in [-0.2, -0.15) is 0 Å². The molecule has 0 fully saturated rings. The minimum atomic E-state index is -0.638. The Morgan fingerprint density at radius 1 is 1.05 bits per heavy atom. The molecule has 0 aliphatic rings. The van der Waals surface area contributed by atoms with Crippen LogP contribution in [0.4, 0.5) is 10.7 Å². The van der Waals surface area contributed by atoms with Gasteiger partial charge in [0.25, 0.3) is 5.69 Å². The molecular formula is C31H28N2O7S. The van der Waals surface area contributed by atoms with Crippen molar-refractivity contribution in [2.75, 3.05) is 19.0 Å². The number of hydrogen-bond donors (Lipinski definition) is 1. The molecule has 0 aliphatic carbocycles. The van der Waals surface area contributed by atoms with Gasteiger partial charge in [-0.1, -0.05) is 42.5 Å². The smallest absolute Gasteiger partial charge is 0.341 e. The van der Waals surface area contributed by atoms with Gasteiger partial charge in [0, 0.05) is 29.2 Å². The number of carbonyl (C=O) groups excluding carboxylic acids is 2. The van der Waals surface area contributed by atoms with Crippen molar-refractivity contribution in [2.45, 2.75) is 20.5 Å². The Labute approximate surface area is 241 Å². The standard InChI is InChI=1S/C31H28N2O7S/c1-4-39-31(35)29-25(22-10-7-11-24(17-22)33(36)37)19-41-30(29)32-28(34)15-13-21-12-14-26(27(16-21)38-3)40-18-23-9-6-5-8-20(23)2/h5-17,19H,4,18H2,1-3H3,(H,32,34)/b15-13+. The van der Waals surface area contributed by atoms with Crippen molar-refractivity contribution in [1.29, 1.82) is 0 Å². The Bertz CT molecular complexity index is 1610. The van der Waals surface area contributed by atoms with Crippen LogP contribution in [0, 0.1) is 17.0 Å². The van der Waals surface area contributed by atoms with Crippen molar-refractivity contribution in [3.8, 4) is 22.6 Å². The Hall–Kier alpha value is -4.96. The molecule has 0 unspecified atom stereocenters. The number of amides is 1. The fraction of sp³-hybridized carbons (Fsp3) is 0.161. The second-order valence-electron chi connectivity index (χ2n) is 8.83. The first-order valence-corrected chi connectivity index (χ1v) is 13.6. The van der Waals surface area contributed by atoms with E-state index in [1.165, 1.54) is 24.3 Å². The molecule has 0 bridgehead atoms. The summed E-state index contributed by atoms with van der Waals surface area (Å²) in [5.74, 6) is -0.0170. The lowest BCUT2D eigenvalue weighted by atomic mass is 10.0. The maximum absolute atomic E-state index is 12.8. The third kappa shape index (κ3) is 7.17. The Morgan fingerprint density at radius 2 is 1.85 bits per heavy atom. The number of carbonyl (C=O) groups is 2. The topological polar surface area (TPSA) is 117 Å². The van der Waals surface area contributed by atoms with Crippen LogP contribution in [0.15, 0.2) is 78.2 Å². The number of nitro benzene ring substituents is 1. The quantitative estimate of drug-likeness (QED) is 0.0886. The lowest BCUT2D eigenvalue weighted by molar-refractivity contribution is -0.384. The Morgan fingerprint density at radius 3 is 2.59 bits per heavy atom. The van der Waals surface area contributed by atoms with Gasteiger partial charge in [0.1, 0.15) is 17.2 Å². The van der Waals surface area contributed by atoms with Gasteiger partial charge in [0.2, 0.25) is 5.91 Å². The van der Waals surface area contributed by atoms with Gasteiger partial charge in [-0.05, 0) is 54.3 Å². The molecule has 1 amide bonds. The SMILES string of the molecule is CCOC(=O)c1c(-c2cccc([N+](=O)[O-])c2)csc1NC(=O)/C=C/c1ccc(OCc2ccccc2C)c(OC)c1. The van der Waals surface area contributed by atoms with Gasteiger partial charge in [-0.3, -0.25) is 14.9 Å². The molecular weight excluding hydrogens is 544 g/mol. The molecule has 4 aromatic rings. The average molecular weight is 573 g/mol. The highest BCUT2D eigenvalue weighted by Crippen LogP contribution is 2.37. The summed E-state index contributed by atoms with van der Waals surface area (Å²) in [4.78, 5) is 36.4. The average Bonchev–Trinajstić information content (AvgIpc) is 3.39. The van der Waals surface area contributed by atoms with Gasteiger partial charge in [-0.15, -0.1) is 11.3 Å². The molecule has 0 saturated heterocycles. The largest absolute Gasteiger partial charge is 0.493 e. The first kappa shape index (κ1) is 29.0. The molecule has 1 N–H and O–H groups in total. The van der Waals surface area contributed by atoms with E-state index >= 15 is 0 Å². The maximum atomic E-state index is 12.8. The molecule has 4 rings (SSSR count). The fourth-order valence-corrected chi connectivity index (χ4v) is 4.98. The van der Waals surface area contributed by atoms with E-state index in [-0.39, 0.29) is 22.9 Å². The van der Waals surface area contributed by atoms with Crippen LogP contribution in [0.2, 0.25) is 0 Å². The summed E-state index contributed by atoms with van der Waals surface area (Å²) < 4.78 is 16.7. The molecule has 9 nitrogen and oxygen atoms in total. The van der Waals surface area contributed by atoms with Gasteiger partial charge in [-0.25, -0.2) is 4.79 Å². The van der Waals surface area contributed by atoms with Crippen LogP contribution in [-0.4, -0.2) is 30.5 Å². The van der Waals surface area contributed by atoms with Crippen LogP contribution in [0.3, 0.4) is 0 Å². The van der Waals surface area contributed by atoms with Gasteiger partial charge in [0.15, 0.2) is 11.5 Å². The van der Waals surface area contributed by atoms with Crippen LogP contribution in [0.5, 0.6) is 11.5 Å². The van der Waals surface area contributed by atoms with E-state index < -0.39 is 16.8 Å². The molecule has 1 heterocycles. The summed E-state index contributed by atoms with van der Waals surface area (Å²) in [5, 5.41) is 15.9. The zero-order valence-electron chi connectivity index (χ0n) is 22.7. The number of nitro groups is 1. The zero-order valence-corrected chi connectivity index (χ0v) is 23.5. The number of non-ortho nitro benzene ring substituents is 1. The van der Waals surface area contributed by atoms with E-state index in [1.807, 2.05) is 31.2 Å². The number of nitrogens with one attached hydrogen (secondary N) is 1. The highest BCUT2D eigenvalue weighted by atomic mass is 32.1. The predicted octanol–water partition coefficient (Wildman–Crippen LogP) is 7.05. The van der Waals surface area contributed by atoms with Crippen molar-refractivity contribution in [3.63, 3.8) is 0 Å². The number of ether oxygens (including phenoxy) is 3. The number of esters is 1. The highest BCUT2D eigenvalue weighted by Gasteiger charge is 2.23. The van der Waals surface area contributed by atoms with Crippen molar-refractivity contribution in [2.24, 2.45) is 0 Å². The lowest BCUT2D eigenvalue weighted by Crippen LogP contribution is -2.12. The maximum Gasteiger partial charge on any atom is 0.341 e. The number of anilines is 1. The minimum absolute atomic E-state index is 0.112. The molecule has 210 valence electrons. The zero-order chi connectivity index (χ0) is 29.4.